The summed E-state index contributed by atoms with van der Waals surface area (Å²) in [6, 6.07) is 7.98. The number of hydrogen-bond acceptors (Lipinski definition) is 3. The molecule has 1 aliphatic rings. The van der Waals surface area contributed by atoms with Gasteiger partial charge in [-0.05, 0) is 37.5 Å². The monoisotopic (exact) mass is 309 g/mol. The van der Waals surface area contributed by atoms with Gasteiger partial charge in [0, 0.05) is 31.2 Å². The molecule has 0 spiro atoms. The van der Waals surface area contributed by atoms with Crippen molar-refractivity contribution in [3.63, 3.8) is 0 Å². The number of carbonyl (C=O) groups excluding carboxylic acids is 1. The molecule has 0 aliphatic carbocycles. The van der Waals surface area contributed by atoms with Crippen molar-refractivity contribution in [2.45, 2.75) is 31.8 Å². The second-order valence-corrected chi connectivity index (χ2v) is 6.29. The average Bonchev–Trinajstić information content (AvgIpc) is 2.48. The maximum Gasteiger partial charge on any atom is 0.236 e. The molecule has 1 atom stereocenters. The van der Waals surface area contributed by atoms with Gasteiger partial charge in [-0.25, -0.2) is 0 Å². The van der Waals surface area contributed by atoms with E-state index in [-0.39, 0.29) is 11.9 Å². The fraction of sp³-hybridized carbons (Fsp3) is 0.562. The van der Waals surface area contributed by atoms with Crippen molar-refractivity contribution < 1.29 is 4.79 Å². The largest absolute Gasteiger partial charge is 0.338 e. The fourth-order valence-corrected chi connectivity index (χ4v) is 2.82. The number of piperidine rings is 1. The second kappa shape index (κ2) is 7.25. The average molecular weight is 310 g/mol. The van der Waals surface area contributed by atoms with Crippen LogP contribution in [0.25, 0.3) is 0 Å². The molecular formula is C16H24ClN3O. The van der Waals surface area contributed by atoms with Crippen molar-refractivity contribution in [2.75, 3.05) is 26.7 Å². The number of nitrogens with zero attached hydrogens (tertiary/aromatic N) is 2. The maximum atomic E-state index is 12.4. The first-order valence-corrected chi connectivity index (χ1v) is 7.84. The minimum atomic E-state index is 0.0169. The predicted molar refractivity (Wildman–Crippen MR) is 86.3 cm³/mol. The Morgan fingerprint density at radius 3 is 2.76 bits per heavy atom. The molecule has 116 valence electrons. The Morgan fingerprint density at radius 2 is 2.14 bits per heavy atom. The number of benzene rings is 1. The van der Waals surface area contributed by atoms with E-state index in [1.807, 2.05) is 38.2 Å². The van der Waals surface area contributed by atoms with E-state index in [1.54, 1.807) is 4.90 Å². The number of carbonyl (C=O) groups is 1. The molecule has 1 aliphatic heterocycles. The lowest BCUT2D eigenvalue weighted by Gasteiger charge is -2.32. The van der Waals surface area contributed by atoms with E-state index in [2.05, 4.69) is 4.90 Å². The standard InChI is InChI=1S/C16H24ClN3O/c1-12(13-4-3-5-14(17)10-13)19(2)16(21)11-20-8-6-15(18)7-9-20/h3-5,10,12,15H,6-9,11,18H2,1-2H3. The predicted octanol–water partition coefficient (Wildman–Crippen LogP) is 2.28. The molecule has 0 radical (unpaired) electrons. The third-order valence-electron chi connectivity index (χ3n) is 4.30. The molecule has 5 heteroatoms. The van der Waals surface area contributed by atoms with Crippen LogP contribution in [0.4, 0.5) is 0 Å². The van der Waals surface area contributed by atoms with Crippen LogP contribution in [0.1, 0.15) is 31.4 Å². The number of likely N-dealkylation sites (tertiary alicyclic amines) is 1. The van der Waals surface area contributed by atoms with Gasteiger partial charge in [0.1, 0.15) is 0 Å². The number of amides is 1. The highest BCUT2D eigenvalue weighted by atomic mass is 35.5. The van der Waals surface area contributed by atoms with Gasteiger partial charge in [0.15, 0.2) is 0 Å². The van der Waals surface area contributed by atoms with Crippen LogP contribution < -0.4 is 5.73 Å². The molecule has 1 fully saturated rings. The minimum Gasteiger partial charge on any atom is -0.338 e. The van der Waals surface area contributed by atoms with Crippen molar-refractivity contribution in [1.82, 2.24) is 9.80 Å². The van der Waals surface area contributed by atoms with Gasteiger partial charge in [-0.1, -0.05) is 23.7 Å². The lowest BCUT2D eigenvalue weighted by molar-refractivity contribution is -0.133. The highest BCUT2D eigenvalue weighted by Crippen LogP contribution is 2.22. The van der Waals surface area contributed by atoms with E-state index in [1.165, 1.54) is 0 Å². The summed E-state index contributed by atoms with van der Waals surface area (Å²) in [6.07, 6.45) is 1.95. The van der Waals surface area contributed by atoms with Gasteiger partial charge in [0.2, 0.25) is 5.91 Å². The molecule has 1 unspecified atom stereocenters. The smallest absolute Gasteiger partial charge is 0.236 e. The van der Waals surface area contributed by atoms with Gasteiger partial charge >= 0.3 is 0 Å². The summed E-state index contributed by atoms with van der Waals surface area (Å²) in [7, 11) is 1.85. The van der Waals surface area contributed by atoms with Crippen LogP contribution in [0.5, 0.6) is 0 Å². The van der Waals surface area contributed by atoms with Crippen LogP contribution in [0.15, 0.2) is 24.3 Å². The van der Waals surface area contributed by atoms with Crippen molar-refractivity contribution >= 4 is 17.5 Å². The van der Waals surface area contributed by atoms with E-state index < -0.39 is 0 Å². The summed E-state index contributed by atoms with van der Waals surface area (Å²) in [6.45, 7) is 4.31. The van der Waals surface area contributed by atoms with Crippen LogP contribution in [0.2, 0.25) is 5.02 Å². The van der Waals surface area contributed by atoms with Gasteiger partial charge in [-0.2, -0.15) is 0 Å². The lowest BCUT2D eigenvalue weighted by Crippen LogP contribution is -2.45. The summed E-state index contributed by atoms with van der Waals surface area (Å²) in [5.74, 6) is 0.137. The van der Waals surface area contributed by atoms with E-state index in [9.17, 15) is 4.79 Å². The zero-order valence-electron chi connectivity index (χ0n) is 12.8. The molecule has 21 heavy (non-hydrogen) atoms. The zero-order valence-corrected chi connectivity index (χ0v) is 13.5. The quantitative estimate of drug-likeness (QED) is 0.928. The summed E-state index contributed by atoms with van der Waals surface area (Å²) < 4.78 is 0. The number of rotatable bonds is 4. The van der Waals surface area contributed by atoms with Gasteiger partial charge < -0.3 is 10.6 Å². The molecule has 1 saturated heterocycles. The highest BCUT2D eigenvalue weighted by molar-refractivity contribution is 6.30. The Balaban J connectivity index is 1.92. The number of hydrogen-bond donors (Lipinski definition) is 1. The third kappa shape index (κ3) is 4.43. The third-order valence-corrected chi connectivity index (χ3v) is 4.53. The van der Waals surface area contributed by atoms with E-state index >= 15 is 0 Å². The maximum absolute atomic E-state index is 12.4. The molecule has 1 amide bonds. The Labute approximate surface area is 131 Å². The molecule has 4 nitrogen and oxygen atoms in total. The lowest BCUT2D eigenvalue weighted by atomic mass is 10.1. The molecule has 1 heterocycles. The Bertz CT molecular complexity index is 486. The zero-order chi connectivity index (χ0) is 15.4. The molecule has 2 N–H and O–H groups in total. The molecule has 0 aromatic heterocycles. The molecule has 1 aromatic rings. The number of likely N-dealkylation sites (N-methyl/N-ethyl adjacent to an activating group) is 1. The van der Waals surface area contributed by atoms with Gasteiger partial charge in [-0.15, -0.1) is 0 Å². The summed E-state index contributed by atoms with van der Waals surface area (Å²) in [5, 5.41) is 0.699. The number of nitrogens with two attached hydrogens (primary N) is 1. The summed E-state index contributed by atoms with van der Waals surface area (Å²) in [5.41, 5.74) is 6.95. The Hall–Kier alpha value is -1.10. The normalized spacial score (nSPS) is 18.5. The van der Waals surface area contributed by atoms with Crippen molar-refractivity contribution in [2.24, 2.45) is 5.73 Å². The van der Waals surface area contributed by atoms with Crippen molar-refractivity contribution in [3.8, 4) is 0 Å². The molecule has 0 saturated carbocycles. The van der Waals surface area contributed by atoms with Crippen LogP contribution in [-0.4, -0.2) is 48.4 Å². The Morgan fingerprint density at radius 1 is 1.48 bits per heavy atom. The summed E-state index contributed by atoms with van der Waals surface area (Å²) in [4.78, 5) is 16.4. The molecule has 1 aromatic carbocycles. The first-order valence-electron chi connectivity index (χ1n) is 7.46. The van der Waals surface area contributed by atoms with Gasteiger partial charge in [0.05, 0.1) is 12.6 Å². The molecule has 2 rings (SSSR count). The van der Waals surface area contributed by atoms with Crippen LogP contribution in [0.3, 0.4) is 0 Å². The Kier molecular flexibility index (Phi) is 5.62. The first kappa shape index (κ1) is 16.3. The molecule has 0 bridgehead atoms. The fourth-order valence-electron chi connectivity index (χ4n) is 2.62. The SMILES string of the molecule is CC(c1cccc(Cl)c1)N(C)C(=O)CN1CCC(N)CC1. The molecular weight excluding hydrogens is 286 g/mol. The van der Waals surface area contributed by atoms with Crippen LogP contribution >= 0.6 is 11.6 Å². The van der Waals surface area contributed by atoms with Crippen LogP contribution in [0, 0.1) is 0 Å². The van der Waals surface area contributed by atoms with Crippen molar-refractivity contribution in [1.29, 1.82) is 0 Å². The van der Waals surface area contributed by atoms with Crippen LogP contribution in [-0.2, 0) is 4.79 Å². The topological polar surface area (TPSA) is 49.6 Å². The first-order chi connectivity index (χ1) is 9.97. The van der Waals surface area contributed by atoms with Gasteiger partial charge in [-0.3, -0.25) is 9.69 Å². The van der Waals surface area contributed by atoms with Gasteiger partial charge in [0.25, 0.3) is 0 Å². The number of halogens is 1. The minimum absolute atomic E-state index is 0.0169. The summed E-state index contributed by atoms with van der Waals surface area (Å²) >= 11 is 6.02. The van der Waals surface area contributed by atoms with Crippen molar-refractivity contribution in [3.05, 3.63) is 34.9 Å². The highest BCUT2D eigenvalue weighted by Gasteiger charge is 2.22. The second-order valence-electron chi connectivity index (χ2n) is 5.85. The van der Waals surface area contributed by atoms with E-state index in [4.69, 9.17) is 17.3 Å². The van der Waals surface area contributed by atoms with E-state index in [0.29, 0.717) is 17.6 Å². The van der Waals surface area contributed by atoms with E-state index in [0.717, 1.165) is 31.5 Å².